The molecular weight excluding hydrogens is 342 g/mol. The van der Waals surface area contributed by atoms with Crippen LogP contribution in [0.25, 0.3) is 27.5 Å². The summed E-state index contributed by atoms with van der Waals surface area (Å²) in [5, 5.41) is 2.55. The van der Waals surface area contributed by atoms with E-state index in [1.54, 1.807) is 0 Å². The van der Waals surface area contributed by atoms with Crippen LogP contribution in [0.4, 0.5) is 5.69 Å². The van der Waals surface area contributed by atoms with Crippen molar-refractivity contribution in [2.24, 2.45) is 0 Å². The van der Waals surface area contributed by atoms with Crippen molar-refractivity contribution in [1.29, 1.82) is 0 Å². The summed E-state index contributed by atoms with van der Waals surface area (Å²) < 4.78 is 2.34. The van der Waals surface area contributed by atoms with Gasteiger partial charge in [0.05, 0.1) is 11.0 Å². The van der Waals surface area contributed by atoms with Crippen LogP contribution in [0.2, 0.25) is 0 Å². The Hall–Kier alpha value is -3.20. The monoisotopic (exact) mass is 369 g/mol. The number of fused-ring (bicyclic) bond motifs is 3. The second kappa shape index (κ2) is 7.08. The third kappa shape index (κ3) is 2.75. The molecule has 0 bridgehead atoms. The van der Waals surface area contributed by atoms with Gasteiger partial charge in [-0.25, -0.2) is 0 Å². The SMILES string of the molecule is C=C/C=C\C(=C/C)n1c2ccccc2c2cc(N3C=CN(C)C3C)c(C)cc21. The smallest absolute Gasteiger partial charge is 0.102 e. The Morgan fingerprint density at radius 3 is 2.54 bits per heavy atom. The molecule has 0 aliphatic carbocycles. The van der Waals surface area contributed by atoms with Crippen LogP contribution >= 0.6 is 0 Å². The molecule has 0 radical (unpaired) electrons. The van der Waals surface area contributed by atoms with E-state index in [9.17, 15) is 0 Å². The van der Waals surface area contributed by atoms with Crippen molar-refractivity contribution >= 4 is 33.2 Å². The third-order valence-electron chi connectivity index (χ3n) is 5.68. The zero-order valence-corrected chi connectivity index (χ0v) is 17.1. The van der Waals surface area contributed by atoms with E-state index < -0.39 is 0 Å². The van der Waals surface area contributed by atoms with Crippen molar-refractivity contribution in [3.05, 3.63) is 85.2 Å². The highest BCUT2D eigenvalue weighted by atomic mass is 15.4. The molecule has 0 spiro atoms. The van der Waals surface area contributed by atoms with Gasteiger partial charge in [0.15, 0.2) is 0 Å². The largest absolute Gasteiger partial charge is 0.359 e. The molecule has 2 aromatic carbocycles. The predicted octanol–water partition coefficient (Wildman–Crippen LogP) is 6.27. The fourth-order valence-electron chi connectivity index (χ4n) is 4.03. The quantitative estimate of drug-likeness (QED) is 0.502. The molecule has 28 heavy (non-hydrogen) atoms. The van der Waals surface area contributed by atoms with Gasteiger partial charge < -0.3 is 14.4 Å². The minimum Gasteiger partial charge on any atom is -0.359 e. The summed E-state index contributed by atoms with van der Waals surface area (Å²) in [5.41, 5.74) is 6.12. The summed E-state index contributed by atoms with van der Waals surface area (Å²) >= 11 is 0. The first kappa shape index (κ1) is 18.2. The number of rotatable bonds is 4. The topological polar surface area (TPSA) is 11.4 Å². The zero-order chi connectivity index (χ0) is 19.8. The number of aromatic nitrogens is 1. The average molecular weight is 370 g/mol. The van der Waals surface area contributed by atoms with E-state index >= 15 is 0 Å². The Morgan fingerprint density at radius 2 is 1.86 bits per heavy atom. The van der Waals surface area contributed by atoms with E-state index in [1.165, 1.54) is 33.1 Å². The minimum absolute atomic E-state index is 0.311. The van der Waals surface area contributed by atoms with Crippen LogP contribution in [0, 0.1) is 6.92 Å². The normalized spacial score (nSPS) is 17.6. The Balaban J connectivity index is 2.01. The van der Waals surface area contributed by atoms with Gasteiger partial charge in [-0.3, -0.25) is 0 Å². The first-order valence-corrected chi connectivity index (χ1v) is 9.75. The molecule has 2 heterocycles. The van der Waals surface area contributed by atoms with Crippen LogP contribution in [0.5, 0.6) is 0 Å². The molecule has 1 atom stereocenters. The van der Waals surface area contributed by atoms with Crippen LogP contribution in [0.1, 0.15) is 19.4 Å². The van der Waals surface area contributed by atoms with Gasteiger partial charge in [-0.15, -0.1) is 0 Å². The second-order valence-electron chi connectivity index (χ2n) is 7.32. The first-order chi connectivity index (χ1) is 13.6. The maximum absolute atomic E-state index is 3.82. The molecule has 1 aliphatic heterocycles. The molecular formula is C25H27N3. The van der Waals surface area contributed by atoms with Gasteiger partial charge in [0.1, 0.15) is 6.17 Å². The van der Waals surface area contributed by atoms with Gasteiger partial charge in [-0.05, 0) is 50.6 Å². The van der Waals surface area contributed by atoms with Crippen molar-refractivity contribution < 1.29 is 0 Å². The fraction of sp³-hybridized carbons (Fsp3) is 0.200. The van der Waals surface area contributed by atoms with E-state index in [0.29, 0.717) is 6.17 Å². The molecule has 0 amide bonds. The van der Waals surface area contributed by atoms with Gasteiger partial charge in [0.25, 0.3) is 0 Å². The first-order valence-electron chi connectivity index (χ1n) is 9.75. The van der Waals surface area contributed by atoms with Crippen LogP contribution in [-0.2, 0) is 0 Å². The van der Waals surface area contributed by atoms with Crippen molar-refractivity contribution in [3.8, 4) is 0 Å². The summed E-state index contributed by atoms with van der Waals surface area (Å²) in [6.07, 6.45) is 12.7. The molecule has 3 aromatic rings. The molecule has 3 heteroatoms. The van der Waals surface area contributed by atoms with Gasteiger partial charge in [0, 0.05) is 41.6 Å². The van der Waals surface area contributed by atoms with Crippen molar-refractivity contribution in [1.82, 2.24) is 9.47 Å². The third-order valence-corrected chi connectivity index (χ3v) is 5.68. The highest BCUT2D eigenvalue weighted by Gasteiger charge is 2.23. The van der Waals surface area contributed by atoms with E-state index in [0.717, 1.165) is 5.70 Å². The van der Waals surface area contributed by atoms with Crippen molar-refractivity contribution in [2.75, 3.05) is 11.9 Å². The molecule has 142 valence electrons. The number of benzene rings is 2. The molecule has 1 unspecified atom stereocenters. The standard InChI is InChI=1S/C25H27N3/c1-6-8-11-20(7-2)28-23-13-10-9-12-21(23)22-17-24(18(3)16-25(22)28)27-15-14-26(5)19(27)4/h6-17,19H,1H2,2-5H3/b11-8-,20-7+. The number of nitrogens with zero attached hydrogens (tertiary/aromatic N) is 3. The Bertz CT molecular complexity index is 1140. The summed E-state index contributed by atoms with van der Waals surface area (Å²) in [6, 6.07) is 13.3. The van der Waals surface area contributed by atoms with E-state index in [1.807, 2.05) is 12.2 Å². The second-order valence-corrected chi connectivity index (χ2v) is 7.32. The van der Waals surface area contributed by atoms with Gasteiger partial charge in [0.2, 0.25) is 0 Å². The van der Waals surface area contributed by atoms with Gasteiger partial charge in [-0.2, -0.15) is 0 Å². The van der Waals surface area contributed by atoms with E-state index in [4.69, 9.17) is 0 Å². The van der Waals surface area contributed by atoms with Crippen LogP contribution in [0.3, 0.4) is 0 Å². The van der Waals surface area contributed by atoms with E-state index in [2.05, 4.69) is 110 Å². The predicted molar refractivity (Wildman–Crippen MR) is 122 cm³/mol. The summed E-state index contributed by atoms with van der Waals surface area (Å²) in [6.45, 7) is 10.3. The lowest BCUT2D eigenvalue weighted by molar-refractivity contribution is 0.383. The Kier molecular flexibility index (Phi) is 4.60. The van der Waals surface area contributed by atoms with Crippen molar-refractivity contribution in [2.45, 2.75) is 26.9 Å². The maximum atomic E-state index is 3.82. The number of allylic oxidation sites excluding steroid dienone is 5. The molecule has 1 aliphatic rings. The molecule has 4 rings (SSSR count). The van der Waals surface area contributed by atoms with Crippen LogP contribution in [-0.4, -0.2) is 22.7 Å². The van der Waals surface area contributed by atoms with Gasteiger partial charge >= 0.3 is 0 Å². The lowest BCUT2D eigenvalue weighted by Gasteiger charge is -2.28. The Morgan fingerprint density at radius 1 is 1.07 bits per heavy atom. The molecule has 3 nitrogen and oxygen atoms in total. The average Bonchev–Trinajstić information content (AvgIpc) is 3.19. The lowest BCUT2D eigenvalue weighted by Crippen LogP contribution is -2.33. The summed E-state index contributed by atoms with van der Waals surface area (Å²) in [7, 11) is 2.12. The van der Waals surface area contributed by atoms with Crippen molar-refractivity contribution in [3.63, 3.8) is 0 Å². The summed E-state index contributed by atoms with van der Waals surface area (Å²) in [4.78, 5) is 4.57. The highest BCUT2D eigenvalue weighted by Crippen LogP contribution is 2.37. The van der Waals surface area contributed by atoms with E-state index in [-0.39, 0.29) is 0 Å². The number of hydrogen-bond donors (Lipinski definition) is 0. The van der Waals surface area contributed by atoms with Crippen LogP contribution < -0.4 is 4.90 Å². The highest BCUT2D eigenvalue weighted by molar-refractivity contribution is 6.11. The van der Waals surface area contributed by atoms with Crippen LogP contribution in [0.15, 0.2) is 79.7 Å². The number of hydrogen-bond acceptors (Lipinski definition) is 2. The number of para-hydroxylation sites is 1. The molecule has 0 saturated carbocycles. The minimum atomic E-state index is 0.311. The molecule has 0 N–H and O–H groups in total. The zero-order valence-electron chi connectivity index (χ0n) is 17.1. The molecule has 1 aromatic heterocycles. The fourth-order valence-corrected chi connectivity index (χ4v) is 4.03. The number of anilines is 1. The molecule has 0 fully saturated rings. The molecule has 0 saturated heterocycles. The summed E-state index contributed by atoms with van der Waals surface area (Å²) in [5.74, 6) is 0. The lowest BCUT2D eigenvalue weighted by atomic mass is 10.1. The number of aryl methyl sites for hydroxylation is 1. The van der Waals surface area contributed by atoms with Gasteiger partial charge in [-0.1, -0.05) is 43.0 Å². The Labute approximate surface area is 167 Å². The maximum Gasteiger partial charge on any atom is 0.102 e.